The Morgan fingerprint density at radius 1 is 0.943 bits per heavy atom. The fourth-order valence-electron chi connectivity index (χ4n) is 5.45. The summed E-state index contributed by atoms with van der Waals surface area (Å²) in [4.78, 5) is 7.04. The molecule has 0 bridgehead atoms. The molecular weight excluding hydrogens is 448 g/mol. The Labute approximate surface area is 213 Å². The summed E-state index contributed by atoms with van der Waals surface area (Å²) < 4.78 is 2.43. The first-order valence-electron chi connectivity index (χ1n) is 12.3. The van der Waals surface area contributed by atoms with Gasteiger partial charge in [0.15, 0.2) is 5.11 Å². The van der Waals surface area contributed by atoms with Crippen LogP contribution in [0.15, 0.2) is 79.0 Å². The van der Waals surface area contributed by atoms with Crippen LogP contribution in [-0.2, 0) is 13.0 Å². The van der Waals surface area contributed by atoms with E-state index in [0.29, 0.717) is 0 Å². The van der Waals surface area contributed by atoms with Crippen LogP contribution in [0.5, 0.6) is 0 Å². The molecule has 5 rings (SSSR count). The topological polar surface area (TPSA) is 33.1 Å². The number of thiocarbonyl (C=S) groups is 1. The summed E-state index contributed by atoms with van der Waals surface area (Å²) in [5.74, 6) is 0. The minimum atomic E-state index is -0.0242. The molecule has 35 heavy (non-hydrogen) atoms. The van der Waals surface area contributed by atoms with Crippen LogP contribution in [0.2, 0.25) is 0 Å². The maximum absolute atomic E-state index is 5.91. The van der Waals surface area contributed by atoms with Gasteiger partial charge in [-0.3, -0.25) is 4.98 Å². The van der Waals surface area contributed by atoms with Gasteiger partial charge in [0.2, 0.25) is 0 Å². The molecule has 2 atom stereocenters. The predicted molar refractivity (Wildman–Crippen MR) is 147 cm³/mol. The van der Waals surface area contributed by atoms with Crippen molar-refractivity contribution in [1.29, 1.82) is 0 Å². The smallest absolute Gasteiger partial charge is 0.170 e. The molecule has 0 unspecified atom stereocenters. The number of para-hydroxylation sites is 1. The average molecular weight is 481 g/mol. The van der Waals surface area contributed by atoms with Crippen molar-refractivity contribution in [1.82, 2.24) is 19.8 Å². The summed E-state index contributed by atoms with van der Waals surface area (Å²) in [5, 5.41) is 4.37. The van der Waals surface area contributed by atoms with Crippen molar-refractivity contribution in [3.8, 4) is 5.69 Å². The third-order valence-electron chi connectivity index (χ3n) is 7.11. The van der Waals surface area contributed by atoms with Crippen LogP contribution in [0, 0.1) is 20.8 Å². The Hall–Kier alpha value is -3.44. The van der Waals surface area contributed by atoms with E-state index < -0.39 is 0 Å². The van der Waals surface area contributed by atoms with Gasteiger partial charge in [-0.1, -0.05) is 61.5 Å². The molecule has 0 aliphatic carbocycles. The largest absolute Gasteiger partial charge is 0.352 e. The lowest BCUT2D eigenvalue weighted by Gasteiger charge is -2.28. The highest BCUT2D eigenvalue weighted by atomic mass is 32.1. The molecule has 1 fully saturated rings. The molecule has 178 valence electrons. The molecule has 4 aromatic rings. The molecule has 4 nitrogen and oxygen atoms in total. The van der Waals surface area contributed by atoms with Gasteiger partial charge < -0.3 is 14.8 Å². The molecule has 0 radical (unpaired) electrons. The number of aryl methyl sites for hydroxylation is 3. The second-order valence-corrected chi connectivity index (χ2v) is 9.72. The average Bonchev–Trinajstić information content (AvgIpc) is 3.35. The van der Waals surface area contributed by atoms with Crippen molar-refractivity contribution in [2.45, 2.75) is 52.7 Å². The molecule has 1 aliphatic heterocycles. The Morgan fingerprint density at radius 3 is 2.43 bits per heavy atom. The molecule has 2 aromatic heterocycles. The molecule has 5 heteroatoms. The highest BCUT2D eigenvalue weighted by Crippen LogP contribution is 2.42. The van der Waals surface area contributed by atoms with E-state index >= 15 is 0 Å². The van der Waals surface area contributed by atoms with Crippen LogP contribution < -0.4 is 5.32 Å². The monoisotopic (exact) mass is 480 g/mol. The fourth-order valence-corrected chi connectivity index (χ4v) is 5.76. The van der Waals surface area contributed by atoms with Crippen molar-refractivity contribution in [3.63, 3.8) is 0 Å². The second-order valence-electron chi connectivity index (χ2n) is 9.34. The molecule has 2 aromatic carbocycles. The standard InChI is InChI=1S/C30H32N4S/c1-5-24-15-11-12-20(2)28(24)34-21(3)18-25(22(34)4)29-27(26-16-9-10-17-31-26)32-30(35)33(29)19-23-13-7-6-8-14-23/h6-18,27,29H,5,19H2,1-4H3,(H,32,35)/t27-,29+/m1/s1. The van der Waals surface area contributed by atoms with Crippen LogP contribution in [0.25, 0.3) is 5.69 Å². The highest BCUT2D eigenvalue weighted by molar-refractivity contribution is 7.80. The number of benzene rings is 2. The summed E-state index contributed by atoms with van der Waals surface area (Å²) in [6.45, 7) is 9.63. The van der Waals surface area contributed by atoms with Gasteiger partial charge in [0.05, 0.1) is 23.5 Å². The first-order valence-corrected chi connectivity index (χ1v) is 12.7. The second kappa shape index (κ2) is 9.67. The first-order chi connectivity index (χ1) is 17.0. The van der Waals surface area contributed by atoms with Gasteiger partial charge >= 0.3 is 0 Å². The molecule has 0 saturated carbocycles. The van der Waals surface area contributed by atoms with Gasteiger partial charge in [-0.15, -0.1) is 0 Å². The van der Waals surface area contributed by atoms with Crippen LogP contribution in [-0.4, -0.2) is 19.6 Å². The zero-order chi connectivity index (χ0) is 24.5. The van der Waals surface area contributed by atoms with Gasteiger partial charge in [-0.05, 0) is 79.9 Å². The van der Waals surface area contributed by atoms with Gasteiger partial charge in [-0.2, -0.15) is 0 Å². The number of rotatable bonds is 6. The van der Waals surface area contributed by atoms with E-state index in [1.54, 1.807) is 0 Å². The van der Waals surface area contributed by atoms with Crippen LogP contribution in [0.1, 0.15) is 58.3 Å². The Bertz CT molecular complexity index is 1340. The number of nitrogens with zero attached hydrogens (tertiary/aromatic N) is 3. The lowest BCUT2D eigenvalue weighted by atomic mass is 9.96. The number of nitrogens with one attached hydrogen (secondary N) is 1. The molecule has 3 heterocycles. The lowest BCUT2D eigenvalue weighted by molar-refractivity contribution is 0.310. The minimum Gasteiger partial charge on any atom is -0.352 e. The molecule has 1 aliphatic rings. The third kappa shape index (κ3) is 4.25. The van der Waals surface area contributed by atoms with Crippen molar-refractivity contribution < 1.29 is 0 Å². The quantitative estimate of drug-likeness (QED) is 0.318. The molecular formula is C30H32N4S. The van der Waals surface area contributed by atoms with Crippen LogP contribution in [0.3, 0.4) is 0 Å². The Morgan fingerprint density at radius 2 is 1.71 bits per heavy atom. The molecule has 1 saturated heterocycles. The minimum absolute atomic E-state index is 0.0242. The normalized spacial score (nSPS) is 17.6. The SMILES string of the molecule is CCc1cccc(C)c1-n1c(C)cc([C@H]2[C@@H](c3ccccn3)NC(=S)N2Cc2ccccc2)c1C. The van der Waals surface area contributed by atoms with Gasteiger partial charge in [0.25, 0.3) is 0 Å². The summed E-state index contributed by atoms with van der Waals surface area (Å²) in [5.41, 5.74) is 9.97. The Balaban J connectivity index is 1.66. The van der Waals surface area contributed by atoms with E-state index in [2.05, 4.69) is 103 Å². The molecule has 1 N–H and O–H groups in total. The van der Waals surface area contributed by atoms with Crippen LogP contribution >= 0.6 is 12.2 Å². The number of pyridine rings is 1. The van der Waals surface area contributed by atoms with Gasteiger partial charge in [0, 0.05) is 24.1 Å². The zero-order valence-corrected chi connectivity index (χ0v) is 21.6. The molecule has 0 amide bonds. The van der Waals surface area contributed by atoms with Gasteiger partial charge in [-0.25, -0.2) is 0 Å². The first kappa shape index (κ1) is 23.3. The van der Waals surface area contributed by atoms with E-state index in [1.807, 2.05) is 18.3 Å². The van der Waals surface area contributed by atoms with E-state index in [9.17, 15) is 0 Å². The zero-order valence-electron chi connectivity index (χ0n) is 20.8. The Kier molecular flexibility index (Phi) is 6.44. The summed E-state index contributed by atoms with van der Waals surface area (Å²) in [6.07, 6.45) is 2.86. The number of hydrogen-bond acceptors (Lipinski definition) is 2. The summed E-state index contributed by atoms with van der Waals surface area (Å²) in [6, 6.07) is 25.6. The highest BCUT2D eigenvalue weighted by Gasteiger charge is 2.41. The maximum Gasteiger partial charge on any atom is 0.170 e. The van der Waals surface area contributed by atoms with E-state index in [-0.39, 0.29) is 12.1 Å². The van der Waals surface area contributed by atoms with Crippen molar-refractivity contribution in [3.05, 3.63) is 118 Å². The summed E-state index contributed by atoms with van der Waals surface area (Å²) in [7, 11) is 0. The predicted octanol–water partition coefficient (Wildman–Crippen LogP) is 6.53. The van der Waals surface area contributed by atoms with Crippen molar-refractivity contribution >= 4 is 17.3 Å². The molecule has 0 spiro atoms. The van der Waals surface area contributed by atoms with E-state index in [1.165, 1.54) is 39.3 Å². The van der Waals surface area contributed by atoms with E-state index in [0.717, 1.165) is 23.8 Å². The number of hydrogen-bond donors (Lipinski definition) is 1. The number of aromatic nitrogens is 2. The van der Waals surface area contributed by atoms with Crippen LogP contribution in [0.4, 0.5) is 0 Å². The van der Waals surface area contributed by atoms with E-state index in [4.69, 9.17) is 17.2 Å². The third-order valence-corrected chi connectivity index (χ3v) is 7.46. The lowest BCUT2D eigenvalue weighted by Crippen LogP contribution is -2.29. The van der Waals surface area contributed by atoms with Gasteiger partial charge in [0.1, 0.15) is 0 Å². The summed E-state index contributed by atoms with van der Waals surface area (Å²) >= 11 is 5.91. The van der Waals surface area contributed by atoms with Crippen molar-refractivity contribution in [2.24, 2.45) is 0 Å². The maximum atomic E-state index is 5.91. The van der Waals surface area contributed by atoms with Crippen molar-refractivity contribution in [2.75, 3.05) is 0 Å². The fraction of sp³-hybridized carbons (Fsp3) is 0.267.